The number of nitrogens with zero attached hydrogens (tertiary/aromatic N) is 2. The summed E-state index contributed by atoms with van der Waals surface area (Å²) in [5, 5.41) is 4.80. The Morgan fingerprint density at radius 3 is 2.60 bits per heavy atom. The van der Waals surface area contributed by atoms with Crippen LogP contribution in [0.5, 0.6) is 5.75 Å². The summed E-state index contributed by atoms with van der Waals surface area (Å²) in [7, 11) is 1.46. The van der Waals surface area contributed by atoms with Crippen molar-refractivity contribution in [3.8, 4) is 11.4 Å². The molecule has 4 aromatic rings. The van der Waals surface area contributed by atoms with Crippen molar-refractivity contribution >= 4 is 44.7 Å². The zero-order valence-corrected chi connectivity index (χ0v) is 17.4. The van der Waals surface area contributed by atoms with E-state index in [4.69, 9.17) is 16.3 Å². The number of benzene rings is 2. The van der Waals surface area contributed by atoms with Crippen LogP contribution in [0.3, 0.4) is 0 Å². The predicted octanol–water partition coefficient (Wildman–Crippen LogP) is 3.51. The number of fused-ring (bicyclic) bond motifs is 1. The first-order valence-corrected chi connectivity index (χ1v) is 10.2. The molecular weight excluding hydrogens is 426 g/mol. The summed E-state index contributed by atoms with van der Waals surface area (Å²) in [4.78, 5) is 39.0. The molecule has 0 saturated carbocycles. The topological polar surface area (TPSA) is 82.3 Å². The number of hydrogen-bond acceptors (Lipinski definition) is 5. The van der Waals surface area contributed by atoms with Gasteiger partial charge in [0.05, 0.1) is 29.0 Å². The summed E-state index contributed by atoms with van der Waals surface area (Å²) in [6, 6.07) is 15.2. The van der Waals surface area contributed by atoms with E-state index in [0.29, 0.717) is 32.4 Å². The third-order valence-corrected chi connectivity index (χ3v) is 5.75. The van der Waals surface area contributed by atoms with Crippen LogP contribution in [0.25, 0.3) is 15.9 Å². The van der Waals surface area contributed by atoms with E-state index in [9.17, 15) is 14.4 Å². The summed E-state index contributed by atoms with van der Waals surface area (Å²) in [6.45, 7) is -0.285. The number of anilines is 1. The van der Waals surface area contributed by atoms with E-state index in [0.717, 1.165) is 4.57 Å². The molecular formula is C21H16ClN3O4S. The second kappa shape index (κ2) is 8.17. The van der Waals surface area contributed by atoms with E-state index < -0.39 is 17.2 Å². The zero-order valence-electron chi connectivity index (χ0n) is 15.8. The predicted molar refractivity (Wildman–Crippen MR) is 118 cm³/mol. The molecule has 0 atom stereocenters. The van der Waals surface area contributed by atoms with Gasteiger partial charge in [0, 0.05) is 0 Å². The zero-order chi connectivity index (χ0) is 21.3. The maximum absolute atomic E-state index is 13.3. The molecule has 0 aliphatic heterocycles. The van der Waals surface area contributed by atoms with Crippen molar-refractivity contribution in [2.75, 3.05) is 12.4 Å². The Kier molecular flexibility index (Phi) is 5.43. The second-order valence-electron chi connectivity index (χ2n) is 6.34. The Bertz CT molecular complexity index is 1370. The number of rotatable bonds is 5. The number of para-hydroxylation sites is 3. The Balaban J connectivity index is 1.84. The summed E-state index contributed by atoms with van der Waals surface area (Å²) in [5.41, 5.74) is 0.0554. The minimum atomic E-state index is -0.635. The lowest BCUT2D eigenvalue weighted by Gasteiger charge is -2.14. The minimum Gasteiger partial charge on any atom is -0.495 e. The Morgan fingerprint density at radius 2 is 1.83 bits per heavy atom. The molecule has 0 aliphatic carbocycles. The summed E-state index contributed by atoms with van der Waals surface area (Å²) in [5.74, 6) is -0.0670. The molecule has 30 heavy (non-hydrogen) atoms. The van der Waals surface area contributed by atoms with Crippen molar-refractivity contribution in [2.45, 2.75) is 6.54 Å². The van der Waals surface area contributed by atoms with Crippen LogP contribution in [0.15, 0.2) is 69.6 Å². The van der Waals surface area contributed by atoms with Gasteiger partial charge in [-0.05, 0) is 35.7 Å². The SMILES string of the molecule is COc1ccccc1-n1c(=O)c2sccc2n(CC(=O)Nc2ccccc2Cl)c1=O. The highest BCUT2D eigenvalue weighted by atomic mass is 35.5. The van der Waals surface area contributed by atoms with Crippen LogP contribution in [0.4, 0.5) is 5.69 Å². The number of thiophene rings is 1. The Labute approximate surface area is 179 Å². The minimum absolute atomic E-state index is 0.285. The van der Waals surface area contributed by atoms with E-state index >= 15 is 0 Å². The normalized spacial score (nSPS) is 10.9. The van der Waals surface area contributed by atoms with Gasteiger partial charge in [-0.2, -0.15) is 0 Å². The molecule has 152 valence electrons. The molecule has 0 spiro atoms. The highest BCUT2D eigenvalue weighted by Crippen LogP contribution is 2.23. The molecule has 0 unspecified atom stereocenters. The fourth-order valence-corrected chi connectivity index (χ4v) is 4.17. The number of hydrogen-bond donors (Lipinski definition) is 1. The maximum Gasteiger partial charge on any atom is 0.336 e. The molecule has 0 fully saturated rings. The number of methoxy groups -OCH3 is 1. The first-order valence-electron chi connectivity index (χ1n) is 8.92. The van der Waals surface area contributed by atoms with Gasteiger partial charge >= 0.3 is 5.69 Å². The molecule has 2 aromatic carbocycles. The smallest absolute Gasteiger partial charge is 0.336 e. The third kappa shape index (κ3) is 3.51. The van der Waals surface area contributed by atoms with Crippen LogP contribution in [0, 0.1) is 0 Å². The molecule has 0 aliphatic rings. The van der Waals surface area contributed by atoms with Gasteiger partial charge in [-0.15, -0.1) is 11.3 Å². The highest BCUT2D eigenvalue weighted by molar-refractivity contribution is 7.17. The standard InChI is InChI=1S/C21H16ClN3O4S/c1-29-17-9-5-4-8-15(17)25-20(27)19-16(10-11-30-19)24(21(25)28)12-18(26)23-14-7-3-2-6-13(14)22/h2-11H,12H2,1H3,(H,23,26). The van der Waals surface area contributed by atoms with Gasteiger partial charge in [0.15, 0.2) is 0 Å². The third-order valence-electron chi connectivity index (χ3n) is 4.53. The van der Waals surface area contributed by atoms with E-state index in [1.165, 1.54) is 23.0 Å². The number of halogens is 1. The average molecular weight is 442 g/mol. The Hall–Kier alpha value is -3.36. The van der Waals surface area contributed by atoms with Crippen molar-refractivity contribution in [1.29, 1.82) is 0 Å². The van der Waals surface area contributed by atoms with Gasteiger partial charge in [0.25, 0.3) is 5.56 Å². The molecule has 9 heteroatoms. The van der Waals surface area contributed by atoms with Gasteiger partial charge in [0.2, 0.25) is 5.91 Å². The summed E-state index contributed by atoms with van der Waals surface area (Å²) < 4.78 is 7.98. The fourth-order valence-electron chi connectivity index (χ4n) is 3.16. The molecule has 2 heterocycles. The first-order chi connectivity index (χ1) is 14.5. The number of aromatic nitrogens is 2. The quantitative estimate of drug-likeness (QED) is 0.513. The largest absolute Gasteiger partial charge is 0.495 e. The van der Waals surface area contributed by atoms with E-state index in [-0.39, 0.29) is 6.54 Å². The average Bonchev–Trinajstić information content (AvgIpc) is 3.23. The van der Waals surface area contributed by atoms with Gasteiger partial charge in [0.1, 0.15) is 17.0 Å². The first kappa shape index (κ1) is 19.9. The van der Waals surface area contributed by atoms with Crippen molar-refractivity contribution in [1.82, 2.24) is 9.13 Å². The van der Waals surface area contributed by atoms with Crippen molar-refractivity contribution in [3.63, 3.8) is 0 Å². The summed E-state index contributed by atoms with van der Waals surface area (Å²) >= 11 is 7.30. The highest BCUT2D eigenvalue weighted by Gasteiger charge is 2.19. The number of carbonyl (C=O) groups is 1. The molecule has 0 bridgehead atoms. The van der Waals surface area contributed by atoms with Gasteiger partial charge in [-0.3, -0.25) is 14.2 Å². The molecule has 7 nitrogen and oxygen atoms in total. The van der Waals surface area contributed by atoms with Crippen molar-refractivity contribution in [2.24, 2.45) is 0 Å². The Morgan fingerprint density at radius 1 is 1.10 bits per heavy atom. The second-order valence-corrected chi connectivity index (χ2v) is 7.67. The lowest BCUT2D eigenvalue weighted by atomic mass is 10.3. The van der Waals surface area contributed by atoms with E-state index in [2.05, 4.69) is 5.32 Å². The number of nitrogens with one attached hydrogen (secondary N) is 1. The molecule has 4 rings (SSSR count). The lowest BCUT2D eigenvalue weighted by molar-refractivity contribution is -0.116. The maximum atomic E-state index is 13.3. The lowest BCUT2D eigenvalue weighted by Crippen LogP contribution is -2.40. The van der Waals surface area contributed by atoms with Crippen LogP contribution in [-0.2, 0) is 11.3 Å². The van der Waals surface area contributed by atoms with Gasteiger partial charge in [-0.1, -0.05) is 35.9 Å². The van der Waals surface area contributed by atoms with E-state index in [1.807, 2.05) is 0 Å². The number of amides is 1. The van der Waals surface area contributed by atoms with Gasteiger partial charge in [-0.25, -0.2) is 9.36 Å². The van der Waals surface area contributed by atoms with Crippen LogP contribution in [0.1, 0.15) is 0 Å². The molecule has 1 amide bonds. The number of ether oxygens (including phenoxy) is 1. The number of carbonyl (C=O) groups excluding carboxylic acids is 1. The van der Waals surface area contributed by atoms with Crippen LogP contribution < -0.4 is 21.3 Å². The van der Waals surface area contributed by atoms with Crippen molar-refractivity contribution in [3.05, 3.63) is 85.8 Å². The van der Waals surface area contributed by atoms with Gasteiger partial charge < -0.3 is 10.1 Å². The van der Waals surface area contributed by atoms with E-state index in [1.54, 1.807) is 60.0 Å². The molecule has 0 saturated heterocycles. The van der Waals surface area contributed by atoms with Crippen molar-refractivity contribution < 1.29 is 9.53 Å². The molecule has 2 aromatic heterocycles. The van der Waals surface area contributed by atoms with Crippen LogP contribution in [0.2, 0.25) is 5.02 Å². The van der Waals surface area contributed by atoms with Crippen LogP contribution in [-0.4, -0.2) is 22.2 Å². The fraction of sp³-hybridized carbons (Fsp3) is 0.0952. The van der Waals surface area contributed by atoms with Crippen LogP contribution >= 0.6 is 22.9 Å². The molecule has 1 N–H and O–H groups in total. The molecule has 0 radical (unpaired) electrons. The summed E-state index contributed by atoms with van der Waals surface area (Å²) in [6.07, 6.45) is 0. The monoisotopic (exact) mass is 441 g/mol.